The number of likely N-dealkylation sites (tertiary alicyclic amines) is 1. The number of nitrogens with two attached hydrogens (primary N) is 1. The zero-order chi connectivity index (χ0) is 23.0. The minimum absolute atomic E-state index is 0.141. The van der Waals surface area contributed by atoms with Gasteiger partial charge in [0.1, 0.15) is 11.3 Å². The predicted molar refractivity (Wildman–Crippen MR) is 119 cm³/mol. The summed E-state index contributed by atoms with van der Waals surface area (Å²) in [7, 11) is 0. The molecule has 4 rings (SSSR count). The molecule has 32 heavy (non-hydrogen) atoms. The second kappa shape index (κ2) is 9.17. The molecule has 0 bridgehead atoms. The van der Waals surface area contributed by atoms with E-state index in [-0.39, 0.29) is 37.2 Å². The zero-order valence-electron chi connectivity index (χ0n) is 19.1. The Morgan fingerprint density at radius 2 is 2.00 bits per heavy atom. The normalized spacial score (nSPS) is 27.0. The number of H-pyrrole nitrogens is 1. The number of benzene rings is 1. The monoisotopic (exact) mass is 444 g/mol. The first kappa shape index (κ1) is 22.7. The number of ether oxygens (including phenoxy) is 1. The molecule has 1 amide bonds. The lowest BCUT2D eigenvalue weighted by atomic mass is 9.79. The largest absolute Gasteiger partial charge is 0.466 e. The number of carbonyl (C=O) groups excluding carboxylic acids is 2. The second-order valence-corrected chi connectivity index (χ2v) is 9.42. The fraction of sp³-hybridized carbons (Fsp3) is 0.625. The predicted octanol–water partition coefficient (Wildman–Crippen LogP) is 3.65. The van der Waals surface area contributed by atoms with E-state index in [4.69, 9.17) is 10.5 Å². The Labute approximate surface area is 187 Å². The van der Waals surface area contributed by atoms with E-state index < -0.39 is 23.6 Å². The number of amides is 1. The van der Waals surface area contributed by atoms with Gasteiger partial charge in [0.25, 0.3) is 0 Å². The molecule has 1 saturated heterocycles. The SMILES string of the molecule is CCOC(=O)C1CN(C(C)=O)CC1c1ccc2[nH]c([C@@H](N)C3CCC(C)CC3)nc2c1F. The van der Waals surface area contributed by atoms with Crippen LogP contribution < -0.4 is 5.73 Å². The van der Waals surface area contributed by atoms with E-state index in [1.807, 2.05) is 0 Å². The number of nitrogens with zero attached hydrogens (tertiary/aromatic N) is 2. The number of fused-ring (bicyclic) bond motifs is 1. The third-order valence-corrected chi connectivity index (χ3v) is 7.28. The highest BCUT2D eigenvalue weighted by atomic mass is 19.1. The van der Waals surface area contributed by atoms with Gasteiger partial charge in [0.2, 0.25) is 5.91 Å². The van der Waals surface area contributed by atoms with Gasteiger partial charge in [-0.2, -0.15) is 0 Å². The van der Waals surface area contributed by atoms with Gasteiger partial charge in [-0.05, 0) is 43.2 Å². The fourth-order valence-corrected chi connectivity index (χ4v) is 5.25. The van der Waals surface area contributed by atoms with E-state index >= 15 is 4.39 Å². The van der Waals surface area contributed by atoms with Crippen LogP contribution in [0.3, 0.4) is 0 Å². The Morgan fingerprint density at radius 1 is 1.28 bits per heavy atom. The number of aromatic nitrogens is 2. The molecule has 1 aliphatic carbocycles. The number of carbonyl (C=O) groups is 2. The Morgan fingerprint density at radius 3 is 2.66 bits per heavy atom. The van der Waals surface area contributed by atoms with Crippen molar-refractivity contribution < 1.29 is 18.7 Å². The van der Waals surface area contributed by atoms with Crippen LogP contribution in [0.15, 0.2) is 12.1 Å². The van der Waals surface area contributed by atoms with Gasteiger partial charge in [-0.25, -0.2) is 9.37 Å². The molecule has 174 valence electrons. The van der Waals surface area contributed by atoms with Crippen LogP contribution in [0.4, 0.5) is 4.39 Å². The number of halogens is 1. The number of imidazole rings is 1. The standard InChI is InChI=1S/C24H33FN4O3/c1-4-32-24(31)18-12-29(14(3)30)11-17(18)16-9-10-19-22(20(16)25)28-23(27-19)21(26)15-7-5-13(2)6-8-15/h9-10,13,15,17-18,21H,4-8,11-12,26H2,1-3H3,(H,27,28)/t13?,15?,17?,18?,21-/m0/s1. The van der Waals surface area contributed by atoms with E-state index in [9.17, 15) is 9.59 Å². The molecule has 2 heterocycles. The van der Waals surface area contributed by atoms with Gasteiger partial charge in [-0.1, -0.05) is 25.8 Å². The third kappa shape index (κ3) is 4.25. The van der Waals surface area contributed by atoms with Crippen molar-refractivity contribution in [3.8, 4) is 0 Å². The van der Waals surface area contributed by atoms with E-state index in [0.717, 1.165) is 31.6 Å². The summed E-state index contributed by atoms with van der Waals surface area (Å²) in [6.45, 7) is 6.20. The minimum atomic E-state index is -0.601. The molecule has 2 aromatic rings. The van der Waals surface area contributed by atoms with Gasteiger partial charge in [0, 0.05) is 25.9 Å². The molecular formula is C24H33FN4O3. The molecule has 2 unspecified atom stereocenters. The van der Waals surface area contributed by atoms with Crippen molar-refractivity contribution in [2.24, 2.45) is 23.5 Å². The Balaban J connectivity index is 1.64. The summed E-state index contributed by atoms with van der Waals surface area (Å²) >= 11 is 0. The summed E-state index contributed by atoms with van der Waals surface area (Å²) in [6, 6.07) is 3.22. The smallest absolute Gasteiger partial charge is 0.311 e. The summed E-state index contributed by atoms with van der Waals surface area (Å²) in [5, 5.41) is 0. The first-order valence-corrected chi connectivity index (χ1v) is 11.7. The van der Waals surface area contributed by atoms with Crippen LogP contribution in [0, 0.1) is 23.6 Å². The molecule has 1 aliphatic heterocycles. The third-order valence-electron chi connectivity index (χ3n) is 7.28. The highest BCUT2D eigenvalue weighted by Gasteiger charge is 2.42. The number of hydrogen-bond acceptors (Lipinski definition) is 5. The fourth-order valence-electron chi connectivity index (χ4n) is 5.25. The molecule has 2 aliphatic rings. The lowest BCUT2D eigenvalue weighted by Crippen LogP contribution is -2.28. The Kier molecular flexibility index (Phi) is 6.51. The van der Waals surface area contributed by atoms with Gasteiger partial charge in [-0.3, -0.25) is 9.59 Å². The molecule has 0 spiro atoms. The maximum absolute atomic E-state index is 15.7. The lowest BCUT2D eigenvalue weighted by molar-refractivity contribution is -0.148. The van der Waals surface area contributed by atoms with Crippen LogP contribution in [0.5, 0.6) is 0 Å². The van der Waals surface area contributed by atoms with E-state index in [1.165, 1.54) is 6.92 Å². The van der Waals surface area contributed by atoms with Crippen LogP contribution in [-0.4, -0.2) is 46.4 Å². The molecule has 0 radical (unpaired) electrons. The average Bonchev–Trinajstić information content (AvgIpc) is 3.40. The summed E-state index contributed by atoms with van der Waals surface area (Å²) in [4.78, 5) is 33.8. The topological polar surface area (TPSA) is 101 Å². The second-order valence-electron chi connectivity index (χ2n) is 9.42. The van der Waals surface area contributed by atoms with Crippen molar-refractivity contribution >= 4 is 22.9 Å². The maximum Gasteiger partial charge on any atom is 0.311 e. The van der Waals surface area contributed by atoms with Crippen molar-refractivity contribution in [2.45, 2.75) is 58.4 Å². The molecule has 2 fully saturated rings. The summed E-state index contributed by atoms with van der Waals surface area (Å²) in [5.74, 6) is -0.417. The van der Waals surface area contributed by atoms with Crippen LogP contribution >= 0.6 is 0 Å². The van der Waals surface area contributed by atoms with Crippen molar-refractivity contribution in [1.82, 2.24) is 14.9 Å². The van der Waals surface area contributed by atoms with Crippen molar-refractivity contribution in [1.29, 1.82) is 0 Å². The molecule has 7 nitrogen and oxygen atoms in total. The Bertz CT molecular complexity index is 999. The van der Waals surface area contributed by atoms with E-state index in [2.05, 4.69) is 16.9 Å². The number of hydrogen-bond donors (Lipinski definition) is 2. The van der Waals surface area contributed by atoms with Crippen LogP contribution in [-0.2, 0) is 14.3 Å². The van der Waals surface area contributed by atoms with Crippen molar-refractivity contribution in [3.05, 3.63) is 29.3 Å². The molecule has 1 saturated carbocycles. The first-order valence-electron chi connectivity index (χ1n) is 11.7. The molecular weight excluding hydrogens is 411 g/mol. The molecule has 3 N–H and O–H groups in total. The summed E-state index contributed by atoms with van der Waals surface area (Å²) in [6.07, 6.45) is 4.41. The number of rotatable bonds is 5. The lowest BCUT2D eigenvalue weighted by Gasteiger charge is -2.29. The van der Waals surface area contributed by atoms with E-state index in [1.54, 1.807) is 24.0 Å². The van der Waals surface area contributed by atoms with Gasteiger partial charge < -0.3 is 20.4 Å². The highest BCUT2D eigenvalue weighted by molar-refractivity contribution is 5.81. The molecule has 8 heteroatoms. The van der Waals surface area contributed by atoms with Gasteiger partial charge in [0.15, 0.2) is 5.82 Å². The molecule has 1 aromatic carbocycles. The number of nitrogens with one attached hydrogen (secondary N) is 1. The zero-order valence-corrected chi connectivity index (χ0v) is 19.1. The van der Waals surface area contributed by atoms with Gasteiger partial charge >= 0.3 is 5.97 Å². The Hall–Kier alpha value is -2.48. The van der Waals surface area contributed by atoms with E-state index in [0.29, 0.717) is 22.8 Å². The maximum atomic E-state index is 15.7. The first-order chi connectivity index (χ1) is 15.3. The van der Waals surface area contributed by atoms with Gasteiger partial charge in [0.05, 0.1) is 24.1 Å². The summed E-state index contributed by atoms with van der Waals surface area (Å²) < 4.78 is 20.9. The van der Waals surface area contributed by atoms with Crippen molar-refractivity contribution in [2.75, 3.05) is 19.7 Å². The number of esters is 1. The van der Waals surface area contributed by atoms with Gasteiger partial charge in [-0.15, -0.1) is 0 Å². The van der Waals surface area contributed by atoms with Crippen LogP contribution in [0.2, 0.25) is 0 Å². The van der Waals surface area contributed by atoms with Crippen molar-refractivity contribution in [3.63, 3.8) is 0 Å². The van der Waals surface area contributed by atoms with Crippen LogP contribution in [0.25, 0.3) is 11.0 Å². The highest BCUT2D eigenvalue weighted by Crippen LogP contribution is 2.38. The average molecular weight is 445 g/mol. The molecule has 1 aromatic heterocycles. The van der Waals surface area contributed by atoms with Crippen LogP contribution in [0.1, 0.15) is 69.8 Å². The number of aromatic amines is 1. The molecule has 3 atom stereocenters. The summed E-state index contributed by atoms with van der Waals surface area (Å²) in [5.41, 5.74) is 7.73. The quantitative estimate of drug-likeness (QED) is 0.686. The minimum Gasteiger partial charge on any atom is -0.466 e.